The fraction of sp³-hybridized carbons (Fsp3) is 0.933. The molecular formula is C15H28N2O. The second-order valence-corrected chi connectivity index (χ2v) is 5.53. The van der Waals surface area contributed by atoms with E-state index in [0.717, 1.165) is 25.5 Å². The Bertz CT molecular complexity index is 274. The van der Waals surface area contributed by atoms with Gasteiger partial charge in [0.05, 0.1) is 18.6 Å². The van der Waals surface area contributed by atoms with Gasteiger partial charge in [-0.15, -0.1) is 0 Å². The van der Waals surface area contributed by atoms with Gasteiger partial charge < -0.3 is 4.74 Å². The summed E-state index contributed by atoms with van der Waals surface area (Å²) in [5.74, 6) is 0.996. The minimum absolute atomic E-state index is 0.201. The first kappa shape index (κ1) is 15.5. The Hall–Kier alpha value is -0.590. The summed E-state index contributed by atoms with van der Waals surface area (Å²) in [5, 5.41) is 9.37. The van der Waals surface area contributed by atoms with E-state index in [-0.39, 0.29) is 5.92 Å². The molecule has 1 aliphatic rings. The highest BCUT2D eigenvalue weighted by Gasteiger charge is 2.35. The molecule has 4 unspecified atom stereocenters. The molecule has 0 aromatic carbocycles. The summed E-state index contributed by atoms with van der Waals surface area (Å²) in [6.07, 6.45) is 4.71. The highest BCUT2D eigenvalue weighted by atomic mass is 16.5. The molecule has 4 atom stereocenters. The lowest BCUT2D eigenvalue weighted by molar-refractivity contribution is 0.0336. The van der Waals surface area contributed by atoms with Crippen LogP contribution in [0.15, 0.2) is 0 Å². The van der Waals surface area contributed by atoms with Crippen LogP contribution in [0.1, 0.15) is 46.5 Å². The molecule has 1 aliphatic carbocycles. The number of hydrogen-bond acceptors (Lipinski definition) is 3. The summed E-state index contributed by atoms with van der Waals surface area (Å²) in [7, 11) is 1.75. The van der Waals surface area contributed by atoms with Gasteiger partial charge in [-0.1, -0.05) is 20.3 Å². The maximum Gasteiger partial charge on any atom is 0.0672 e. The number of nitrogens with zero attached hydrogens (tertiary/aromatic N) is 2. The van der Waals surface area contributed by atoms with Gasteiger partial charge in [0, 0.05) is 19.2 Å². The van der Waals surface area contributed by atoms with E-state index < -0.39 is 0 Å². The third-order valence-electron chi connectivity index (χ3n) is 4.43. The normalized spacial score (nSPS) is 30.1. The molecule has 3 heteroatoms. The molecule has 0 aliphatic heterocycles. The van der Waals surface area contributed by atoms with Crippen LogP contribution in [0.5, 0.6) is 0 Å². The molecule has 104 valence electrons. The maximum atomic E-state index is 9.37. The van der Waals surface area contributed by atoms with E-state index in [1.165, 1.54) is 19.3 Å². The Morgan fingerprint density at radius 2 is 2.11 bits per heavy atom. The van der Waals surface area contributed by atoms with Gasteiger partial charge in [-0.3, -0.25) is 4.90 Å². The third-order valence-corrected chi connectivity index (χ3v) is 4.43. The zero-order valence-electron chi connectivity index (χ0n) is 12.4. The minimum atomic E-state index is 0.201. The van der Waals surface area contributed by atoms with E-state index in [0.29, 0.717) is 12.1 Å². The number of rotatable bonds is 6. The van der Waals surface area contributed by atoms with E-state index in [1.54, 1.807) is 7.11 Å². The van der Waals surface area contributed by atoms with Crippen molar-refractivity contribution in [3.63, 3.8) is 0 Å². The Balaban J connectivity index is 2.75. The van der Waals surface area contributed by atoms with Gasteiger partial charge in [0.2, 0.25) is 0 Å². The van der Waals surface area contributed by atoms with Gasteiger partial charge in [0.15, 0.2) is 0 Å². The molecular weight excluding hydrogens is 224 g/mol. The predicted molar refractivity (Wildman–Crippen MR) is 74.2 cm³/mol. The Labute approximate surface area is 112 Å². The van der Waals surface area contributed by atoms with Crippen molar-refractivity contribution in [3.8, 4) is 6.07 Å². The first-order chi connectivity index (χ1) is 8.67. The molecule has 0 heterocycles. The number of ether oxygens (including phenoxy) is 1. The summed E-state index contributed by atoms with van der Waals surface area (Å²) >= 11 is 0. The molecule has 1 saturated carbocycles. The number of methoxy groups -OCH3 is 1. The highest BCUT2D eigenvalue weighted by Crippen LogP contribution is 2.34. The lowest BCUT2D eigenvalue weighted by Crippen LogP contribution is -2.49. The smallest absolute Gasteiger partial charge is 0.0672 e. The van der Waals surface area contributed by atoms with E-state index in [4.69, 9.17) is 4.74 Å². The standard InChI is InChI=1S/C15H28N2O/c1-5-13-7-8-14(10-16)15(9-13)17(6-2)12(3)11-18-4/h12-15H,5-9,11H2,1-4H3. The van der Waals surface area contributed by atoms with Crippen molar-refractivity contribution in [1.29, 1.82) is 5.26 Å². The molecule has 0 saturated heterocycles. The predicted octanol–water partition coefficient (Wildman–Crippen LogP) is 3.06. The van der Waals surface area contributed by atoms with Gasteiger partial charge in [0.1, 0.15) is 0 Å². The first-order valence-corrected chi connectivity index (χ1v) is 7.32. The van der Waals surface area contributed by atoms with Crippen LogP contribution in [0.2, 0.25) is 0 Å². The third kappa shape index (κ3) is 3.70. The summed E-state index contributed by atoms with van der Waals surface area (Å²) in [4.78, 5) is 2.47. The second-order valence-electron chi connectivity index (χ2n) is 5.53. The Morgan fingerprint density at radius 1 is 1.39 bits per heavy atom. The number of hydrogen-bond donors (Lipinski definition) is 0. The van der Waals surface area contributed by atoms with Crippen LogP contribution in [-0.4, -0.2) is 37.2 Å². The van der Waals surface area contributed by atoms with Gasteiger partial charge >= 0.3 is 0 Å². The van der Waals surface area contributed by atoms with Crippen molar-refractivity contribution < 1.29 is 4.74 Å². The van der Waals surface area contributed by atoms with Gasteiger partial charge in [-0.05, 0) is 38.6 Å². The number of likely N-dealkylation sites (N-methyl/N-ethyl adjacent to an activating group) is 1. The van der Waals surface area contributed by atoms with Crippen molar-refractivity contribution in [1.82, 2.24) is 4.90 Å². The van der Waals surface area contributed by atoms with Crippen LogP contribution in [0, 0.1) is 23.2 Å². The van der Waals surface area contributed by atoms with Crippen LogP contribution < -0.4 is 0 Å². The van der Waals surface area contributed by atoms with Gasteiger partial charge in [0.25, 0.3) is 0 Å². The fourth-order valence-electron chi connectivity index (χ4n) is 3.33. The Kier molecular flexibility index (Phi) is 6.67. The van der Waals surface area contributed by atoms with Crippen molar-refractivity contribution in [2.45, 2.75) is 58.5 Å². The minimum Gasteiger partial charge on any atom is -0.383 e. The molecule has 0 bridgehead atoms. The quantitative estimate of drug-likeness (QED) is 0.729. The van der Waals surface area contributed by atoms with Crippen molar-refractivity contribution in [2.75, 3.05) is 20.3 Å². The molecule has 1 fully saturated rings. The average Bonchev–Trinajstić information content (AvgIpc) is 2.39. The summed E-state index contributed by atoms with van der Waals surface area (Å²) in [6.45, 7) is 8.42. The topological polar surface area (TPSA) is 36.3 Å². The first-order valence-electron chi connectivity index (χ1n) is 7.32. The molecule has 0 aromatic heterocycles. The summed E-state index contributed by atoms with van der Waals surface area (Å²) in [6, 6.07) is 3.35. The van der Waals surface area contributed by atoms with E-state index in [1.807, 2.05) is 0 Å². The maximum absolute atomic E-state index is 9.37. The zero-order chi connectivity index (χ0) is 13.5. The largest absolute Gasteiger partial charge is 0.383 e. The monoisotopic (exact) mass is 252 g/mol. The summed E-state index contributed by atoms with van der Waals surface area (Å²) < 4.78 is 5.27. The molecule has 1 rings (SSSR count). The fourth-order valence-corrected chi connectivity index (χ4v) is 3.33. The van der Waals surface area contributed by atoms with Gasteiger partial charge in [-0.25, -0.2) is 0 Å². The molecule has 0 aromatic rings. The van der Waals surface area contributed by atoms with Crippen LogP contribution >= 0.6 is 0 Å². The molecule has 18 heavy (non-hydrogen) atoms. The molecule has 0 amide bonds. The van der Waals surface area contributed by atoms with Crippen LogP contribution in [0.3, 0.4) is 0 Å². The average molecular weight is 252 g/mol. The molecule has 0 N–H and O–H groups in total. The lowest BCUT2D eigenvalue weighted by Gasteiger charge is -2.42. The van der Waals surface area contributed by atoms with Crippen molar-refractivity contribution in [2.24, 2.45) is 11.8 Å². The lowest BCUT2D eigenvalue weighted by atomic mass is 9.77. The van der Waals surface area contributed by atoms with Crippen LogP contribution in [0.25, 0.3) is 0 Å². The molecule has 3 nitrogen and oxygen atoms in total. The zero-order valence-corrected chi connectivity index (χ0v) is 12.4. The Morgan fingerprint density at radius 3 is 2.61 bits per heavy atom. The molecule has 0 radical (unpaired) electrons. The SMILES string of the molecule is CCC1CCC(C#N)C(N(CC)C(C)COC)C1. The van der Waals surface area contributed by atoms with Crippen LogP contribution in [0.4, 0.5) is 0 Å². The van der Waals surface area contributed by atoms with E-state index >= 15 is 0 Å². The second kappa shape index (κ2) is 7.76. The number of nitriles is 1. The molecule has 0 spiro atoms. The van der Waals surface area contributed by atoms with Crippen molar-refractivity contribution in [3.05, 3.63) is 0 Å². The van der Waals surface area contributed by atoms with Crippen LogP contribution in [-0.2, 0) is 4.74 Å². The van der Waals surface area contributed by atoms with Crippen molar-refractivity contribution >= 4 is 0 Å². The van der Waals surface area contributed by atoms with Gasteiger partial charge in [-0.2, -0.15) is 5.26 Å². The summed E-state index contributed by atoms with van der Waals surface area (Å²) in [5.41, 5.74) is 0. The highest BCUT2D eigenvalue weighted by molar-refractivity contribution is 4.98. The van der Waals surface area contributed by atoms with E-state index in [2.05, 4.69) is 31.7 Å². The van der Waals surface area contributed by atoms with E-state index in [9.17, 15) is 5.26 Å².